The summed E-state index contributed by atoms with van der Waals surface area (Å²) in [7, 11) is 3.37. The molecule has 2 aromatic heterocycles. The number of carbonyl (C=O) groups excluding carboxylic acids is 1. The number of esters is 1. The lowest BCUT2D eigenvalue weighted by Crippen LogP contribution is -2.20. The minimum absolute atomic E-state index is 0.136. The molecule has 0 saturated carbocycles. The quantitative estimate of drug-likeness (QED) is 0.120. The number of rotatable bonds is 10. The summed E-state index contributed by atoms with van der Waals surface area (Å²) in [4.78, 5) is 24.7. The summed E-state index contributed by atoms with van der Waals surface area (Å²) in [5.74, 6) is 0.895. The summed E-state index contributed by atoms with van der Waals surface area (Å²) in [6.45, 7) is 12.5. The van der Waals surface area contributed by atoms with Crippen molar-refractivity contribution in [2.24, 2.45) is 7.05 Å². The number of hydrogen-bond donors (Lipinski definition) is 0. The third-order valence-electron chi connectivity index (χ3n) is 8.34. The molecular formula is C37H36N4O4. The van der Waals surface area contributed by atoms with Gasteiger partial charge in [-0.25, -0.2) is 14.6 Å². The number of pyridine rings is 1. The fourth-order valence-electron chi connectivity index (χ4n) is 6.11. The standard InChI is InChI=1S/C37H36N4O4/c1-5-28-32(27-18-19-30-29(22-27)33(38-2)36(40(30)3)41-20-12-13-21-41)39-35(45-24-26-16-10-7-11-17-26)31(37(42)43-4)34(28)44-23-25-14-8-6-9-15-25/h6-11,14-19,22H,5,12-13,20-21,23-24H2,1,3-4H3. The Balaban J connectivity index is 1.53. The number of fused-ring (bicyclic) bond motifs is 1. The van der Waals surface area contributed by atoms with Crippen molar-refractivity contribution in [3.05, 3.63) is 113 Å². The van der Waals surface area contributed by atoms with Crippen LogP contribution in [0.4, 0.5) is 11.5 Å². The number of aryl methyl sites for hydroxylation is 1. The number of methoxy groups -OCH3 is 1. The van der Waals surface area contributed by atoms with E-state index in [1.807, 2.05) is 92.8 Å². The second-order valence-electron chi connectivity index (χ2n) is 11.1. The molecule has 1 aliphatic rings. The Kier molecular flexibility index (Phi) is 8.70. The monoisotopic (exact) mass is 600 g/mol. The molecule has 0 aliphatic carbocycles. The lowest BCUT2D eigenvalue weighted by molar-refractivity contribution is 0.0588. The summed E-state index contributed by atoms with van der Waals surface area (Å²) in [6, 6.07) is 25.6. The number of carbonyl (C=O) groups is 1. The lowest BCUT2D eigenvalue weighted by atomic mass is 9.99. The van der Waals surface area contributed by atoms with Gasteiger partial charge in [0.25, 0.3) is 0 Å². The van der Waals surface area contributed by atoms with Gasteiger partial charge in [0.2, 0.25) is 11.6 Å². The van der Waals surface area contributed by atoms with Gasteiger partial charge < -0.3 is 23.7 Å². The Hall–Kier alpha value is -5.29. The molecule has 6 rings (SSSR count). The van der Waals surface area contributed by atoms with E-state index in [-0.39, 0.29) is 24.7 Å². The lowest BCUT2D eigenvalue weighted by Gasteiger charge is -2.20. The van der Waals surface area contributed by atoms with Crippen LogP contribution in [0.25, 0.3) is 27.0 Å². The molecule has 228 valence electrons. The highest BCUT2D eigenvalue weighted by molar-refractivity contribution is 6.03. The summed E-state index contributed by atoms with van der Waals surface area (Å²) in [5, 5.41) is 0.867. The molecule has 45 heavy (non-hydrogen) atoms. The molecule has 3 aromatic carbocycles. The molecule has 1 fully saturated rings. The van der Waals surface area contributed by atoms with Crippen LogP contribution in [0.2, 0.25) is 0 Å². The summed E-state index contributed by atoms with van der Waals surface area (Å²) >= 11 is 0. The Morgan fingerprint density at radius 2 is 1.58 bits per heavy atom. The van der Waals surface area contributed by atoms with E-state index in [2.05, 4.69) is 14.3 Å². The third kappa shape index (κ3) is 5.82. The molecule has 0 amide bonds. The van der Waals surface area contributed by atoms with Crippen LogP contribution in [-0.2, 0) is 31.4 Å². The normalized spacial score (nSPS) is 12.7. The van der Waals surface area contributed by atoms with Gasteiger partial charge in [-0.2, -0.15) is 0 Å². The molecule has 0 spiro atoms. The molecule has 1 saturated heterocycles. The number of benzene rings is 3. The van der Waals surface area contributed by atoms with Crippen LogP contribution in [0, 0.1) is 6.57 Å². The van der Waals surface area contributed by atoms with Crippen LogP contribution in [0.3, 0.4) is 0 Å². The Bertz CT molecular complexity index is 1870. The molecule has 0 N–H and O–H groups in total. The Morgan fingerprint density at radius 3 is 2.18 bits per heavy atom. The number of nitrogens with zero attached hydrogens (tertiary/aromatic N) is 4. The van der Waals surface area contributed by atoms with E-state index in [0.717, 1.165) is 64.9 Å². The molecule has 0 atom stereocenters. The first kappa shape index (κ1) is 29.8. The predicted molar refractivity (Wildman–Crippen MR) is 176 cm³/mol. The molecule has 8 heteroatoms. The number of anilines is 1. The molecule has 0 radical (unpaired) electrons. The van der Waals surface area contributed by atoms with E-state index >= 15 is 0 Å². The molecule has 0 unspecified atom stereocenters. The fraction of sp³-hybridized carbons (Fsp3) is 0.270. The molecule has 1 aliphatic heterocycles. The number of aromatic nitrogens is 2. The molecule has 0 bridgehead atoms. The average molecular weight is 601 g/mol. The topological polar surface area (TPSA) is 70.2 Å². The van der Waals surface area contributed by atoms with E-state index in [9.17, 15) is 4.79 Å². The van der Waals surface area contributed by atoms with Gasteiger partial charge in [-0.15, -0.1) is 0 Å². The third-order valence-corrected chi connectivity index (χ3v) is 8.34. The van der Waals surface area contributed by atoms with E-state index in [1.165, 1.54) is 7.11 Å². The minimum atomic E-state index is -0.584. The molecule has 8 nitrogen and oxygen atoms in total. The first-order chi connectivity index (χ1) is 22.0. The van der Waals surface area contributed by atoms with Crippen LogP contribution in [0.15, 0.2) is 78.9 Å². The maximum absolute atomic E-state index is 13.4. The maximum Gasteiger partial charge on any atom is 0.347 e. The van der Waals surface area contributed by atoms with E-state index in [0.29, 0.717) is 23.6 Å². The van der Waals surface area contributed by atoms with Gasteiger partial charge >= 0.3 is 5.97 Å². The highest BCUT2D eigenvalue weighted by Crippen LogP contribution is 2.44. The van der Waals surface area contributed by atoms with Gasteiger partial charge in [-0.1, -0.05) is 79.7 Å². The summed E-state index contributed by atoms with van der Waals surface area (Å²) in [6.07, 6.45) is 2.78. The maximum atomic E-state index is 13.4. The SMILES string of the molecule is [C-]#[N+]c1c(N2CCCC2)n(C)c2ccc(-c3nc(OCc4ccccc4)c(C(=O)OC)c(OCc4ccccc4)c3CC)cc12. The number of hydrogen-bond acceptors (Lipinski definition) is 6. The highest BCUT2D eigenvalue weighted by Gasteiger charge is 2.29. The van der Waals surface area contributed by atoms with Gasteiger partial charge in [-0.05, 0) is 36.5 Å². The van der Waals surface area contributed by atoms with Crippen molar-refractivity contribution in [3.63, 3.8) is 0 Å². The van der Waals surface area contributed by atoms with Gasteiger partial charge in [0.1, 0.15) is 24.8 Å². The second kappa shape index (κ2) is 13.1. The number of ether oxygens (including phenoxy) is 3. The smallest absolute Gasteiger partial charge is 0.347 e. The van der Waals surface area contributed by atoms with Crippen LogP contribution in [0.1, 0.15) is 46.8 Å². The van der Waals surface area contributed by atoms with Crippen LogP contribution in [0.5, 0.6) is 11.6 Å². The zero-order chi connectivity index (χ0) is 31.3. The Labute approximate surface area is 263 Å². The van der Waals surface area contributed by atoms with Gasteiger partial charge in [0, 0.05) is 42.2 Å². The van der Waals surface area contributed by atoms with Crippen molar-refractivity contribution < 1.29 is 19.0 Å². The predicted octanol–water partition coefficient (Wildman–Crippen LogP) is 7.90. The van der Waals surface area contributed by atoms with Crippen molar-refractivity contribution in [1.82, 2.24) is 9.55 Å². The van der Waals surface area contributed by atoms with Crippen LogP contribution in [-0.4, -0.2) is 35.7 Å². The second-order valence-corrected chi connectivity index (χ2v) is 11.1. The van der Waals surface area contributed by atoms with E-state index < -0.39 is 5.97 Å². The van der Waals surface area contributed by atoms with Gasteiger partial charge in [-0.3, -0.25) is 0 Å². The van der Waals surface area contributed by atoms with E-state index in [1.54, 1.807) is 0 Å². The first-order valence-corrected chi connectivity index (χ1v) is 15.3. The zero-order valence-corrected chi connectivity index (χ0v) is 25.9. The largest absolute Gasteiger partial charge is 0.487 e. The molecule has 3 heterocycles. The Morgan fingerprint density at radius 1 is 0.933 bits per heavy atom. The van der Waals surface area contributed by atoms with Crippen molar-refractivity contribution in [2.45, 2.75) is 39.4 Å². The first-order valence-electron chi connectivity index (χ1n) is 15.3. The van der Waals surface area contributed by atoms with Crippen molar-refractivity contribution >= 4 is 28.4 Å². The average Bonchev–Trinajstić information content (AvgIpc) is 3.72. The van der Waals surface area contributed by atoms with Crippen LogP contribution >= 0.6 is 0 Å². The fourth-order valence-corrected chi connectivity index (χ4v) is 6.11. The van der Waals surface area contributed by atoms with Gasteiger partial charge in [0.15, 0.2) is 5.56 Å². The van der Waals surface area contributed by atoms with Crippen LogP contribution < -0.4 is 14.4 Å². The summed E-state index contributed by atoms with van der Waals surface area (Å²) < 4.78 is 20.1. The molecular weight excluding hydrogens is 564 g/mol. The minimum Gasteiger partial charge on any atom is -0.487 e. The van der Waals surface area contributed by atoms with Crippen molar-refractivity contribution in [3.8, 4) is 22.9 Å². The summed E-state index contributed by atoms with van der Waals surface area (Å²) in [5.41, 5.74) is 5.89. The van der Waals surface area contributed by atoms with Gasteiger partial charge in [0.05, 0.1) is 19.4 Å². The molecule has 5 aromatic rings. The zero-order valence-electron chi connectivity index (χ0n) is 25.9. The van der Waals surface area contributed by atoms with E-state index in [4.69, 9.17) is 25.8 Å². The highest BCUT2D eigenvalue weighted by atomic mass is 16.5. The van der Waals surface area contributed by atoms with Crippen molar-refractivity contribution in [2.75, 3.05) is 25.1 Å². The van der Waals surface area contributed by atoms with Crippen molar-refractivity contribution in [1.29, 1.82) is 0 Å².